The fourth-order valence-corrected chi connectivity index (χ4v) is 1.74. The van der Waals surface area contributed by atoms with Crippen molar-refractivity contribution in [3.63, 3.8) is 0 Å². The van der Waals surface area contributed by atoms with Crippen LogP contribution in [0.4, 0.5) is 13.2 Å². The van der Waals surface area contributed by atoms with Crippen molar-refractivity contribution < 1.29 is 17.9 Å². The molecule has 1 heterocycles. The van der Waals surface area contributed by atoms with E-state index in [9.17, 15) is 13.2 Å². The van der Waals surface area contributed by atoms with Gasteiger partial charge in [0.05, 0.1) is 23.2 Å². The number of aromatic nitrogens is 1. The maximum Gasteiger partial charge on any atom is 0.419 e. The van der Waals surface area contributed by atoms with Crippen molar-refractivity contribution in [2.75, 3.05) is 7.11 Å². The molecule has 0 saturated heterocycles. The van der Waals surface area contributed by atoms with Gasteiger partial charge in [0.25, 0.3) is 0 Å². The third-order valence-electron chi connectivity index (χ3n) is 2.31. The molecule has 0 spiro atoms. The lowest BCUT2D eigenvalue weighted by molar-refractivity contribution is -0.138. The highest BCUT2D eigenvalue weighted by Gasteiger charge is 2.34. The fraction of sp³-hybridized carbons (Fsp3) is 0.182. The summed E-state index contributed by atoms with van der Waals surface area (Å²) in [4.78, 5) is 3.94. The molecule has 0 radical (unpaired) electrons. The summed E-state index contributed by atoms with van der Waals surface area (Å²) in [6, 6.07) is 3.62. The summed E-state index contributed by atoms with van der Waals surface area (Å²) < 4.78 is 43.0. The average molecular weight is 262 g/mol. The molecule has 1 aromatic carbocycles. The van der Waals surface area contributed by atoms with Gasteiger partial charge < -0.3 is 4.74 Å². The van der Waals surface area contributed by atoms with Crippen molar-refractivity contribution in [2.45, 2.75) is 6.18 Å². The van der Waals surface area contributed by atoms with E-state index in [0.717, 1.165) is 6.07 Å². The van der Waals surface area contributed by atoms with Gasteiger partial charge in [-0.15, -0.1) is 0 Å². The molecule has 0 N–H and O–H groups in total. The summed E-state index contributed by atoms with van der Waals surface area (Å²) in [5.74, 6) is -0.264. The molecule has 2 nitrogen and oxygen atoms in total. The first kappa shape index (κ1) is 12.0. The second-order valence-corrected chi connectivity index (χ2v) is 3.77. The zero-order valence-electron chi connectivity index (χ0n) is 8.68. The van der Waals surface area contributed by atoms with Crippen LogP contribution >= 0.6 is 11.6 Å². The van der Waals surface area contributed by atoms with E-state index in [1.165, 1.54) is 25.4 Å². The van der Waals surface area contributed by atoms with Gasteiger partial charge in [0.15, 0.2) is 0 Å². The Balaban J connectivity index is 2.79. The number of fused-ring (bicyclic) bond motifs is 1. The predicted molar refractivity (Wildman–Crippen MR) is 58.3 cm³/mol. The molecule has 1 aromatic heterocycles. The van der Waals surface area contributed by atoms with E-state index in [0.29, 0.717) is 5.52 Å². The fourth-order valence-electron chi connectivity index (χ4n) is 1.53. The summed E-state index contributed by atoms with van der Waals surface area (Å²) in [5, 5.41) is 0.477. The molecule has 0 aliphatic carbocycles. The maximum absolute atomic E-state index is 12.8. The van der Waals surface area contributed by atoms with E-state index < -0.39 is 11.7 Å². The van der Waals surface area contributed by atoms with E-state index >= 15 is 0 Å². The quantitative estimate of drug-likeness (QED) is 0.776. The molecular weight excluding hydrogens is 255 g/mol. The van der Waals surface area contributed by atoms with Crippen molar-refractivity contribution in [1.29, 1.82) is 0 Å². The second-order valence-electron chi connectivity index (χ2n) is 3.36. The minimum atomic E-state index is -4.49. The van der Waals surface area contributed by atoms with E-state index in [2.05, 4.69) is 4.98 Å². The van der Waals surface area contributed by atoms with Crippen molar-refractivity contribution in [2.24, 2.45) is 0 Å². The Labute approximate surface area is 100.0 Å². The molecule has 17 heavy (non-hydrogen) atoms. The van der Waals surface area contributed by atoms with Gasteiger partial charge in [0, 0.05) is 17.6 Å². The molecule has 2 rings (SSSR count). The molecule has 0 unspecified atom stereocenters. The lowest BCUT2D eigenvalue weighted by Crippen LogP contribution is -2.07. The highest BCUT2D eigenvalue weighted by molar-refractivity contribution is 6.35. The number of hydrogen-bond acceptors (Lipinski definition) is 2. The van der Waals surface area contributed by atoms with Crippen LogP contribution in [0.2, 0.25) is 5.02 Å². The molecule has 0 atom stereocenters. The van der Waals surface area contributed by atoms with Crippen LogP contribution in [0.5, 0.6) is 5.75 Å². The van der Waals surface area contributed by atoms with E-state index in [1.54, 1.807) is 0 Å². The number of rotatable bonds is 1. The van der Waals surface area contributed by atoms with Crippen LogP contribution in [0, 0.1) is 0 Å². The van der Waals surface area contributed by atoms with Crippen LogP contribution in [0.1, 0.15) is 5.56 Å². The Hall–Kier alpha value is -1.49. The van der Waals surface area contributed by atoms with Gasteiger partial charge in [-0.1, -0.05) is 11.6 Å². The van der Waals surface area contributed by atoms with Crippen LogP contribution in [-0.4, -0.2) is 12.1 Å². The van der Waals surface area contributed by atoms with Gasteiger partial charge in [-0.3, -0.25) is 4.98 Å². The molecule has 0 saturated carbocycles. The summed E-state index contributed by atoms with van der Waals surface area (Å²) >= 11 is 5.83. The van der Waals surface area contributed by atoms with Crippen LogP contribution < -0.4 is 4.74 Å². The summed E-state index contributed by atoms with van der Waals surface area (Å²) in [5.41, 5.74) is -0.496. The Morgan fingerprint density at radius 1 is 1.29 bits per heavy atom. The molecule has 0 bridgehead atoms. The molecule has 90 valence electrons. The largest absolute Gasteiger partial charge is 0.496 e. The molecule has 6 heteroatoms. The number of alkyl halides is 3. The van der Waals surface area contributed by atoms with Crippen LogP contribution in [-0.2, 0) is 6.18 Å². The van der Waals surface area contributed by atoms with Gasteiger partial charge in [-0.05, 0) is 12.1 Å². The van der Waals surface area contributed by atoms with E-state index in [1.807, 2.05) is 0 Å². The molecule has 2 aromatic rings. The number of halogens is 4. The SMILES string of the molecule is COc1cc2nccc(Cl)c2cc1C(F)(F)F. The van der Waals surface area contributed by atoms with Crippen molar-refractivity contribution in [1.82, 2.24) is 4.98 Å². The first-order chi connectivity index (χ1) is 7.93. The minimum absolute atomic E-state index is 0.225. The lowest BCUT2D eigenvalue weighted by atomic mass is 10.1. The summed E-state index contributed by atoms with van der Waals surface area (Å²) in [7, 11) is 1.18. The number of nitrogens with zero attached hydrogens (tertiary/aromatic N) is 1. The Morgan fingerprint density at radius 2 is 2.00 bits per heavy atom. The molecule has 0 aliphatic heterocycles. The summed E-state index contributed by atoms with van der Waals surface area (Å²) in [6.07, 6.45) is -3.06. The Bertz CT molecular complexity index is 568. The zero-order valence-corrected chi connectivity index (χ0v) is 9.43. The standard InChI is InChI=1S/C11H7ClF3NO/c1-17-10-5-9-6(8(12)2-3-16-9)4-7(10)11(13,14)15/h2-5H,1H3. The highest BCUT2D eigenvalue weighted by Crippen LogP contribution is 2.39. The molecule has 0 aliphatic rings. The zero-order chi connectivity index (χ0) is 12.6. The van der Waals surface area contributed by atoms with Gasteiger partial charge in [-0.2, -0.15) is 13.2 Å². The third-order valence-corrected chi connectivity index (χ3v) is 2.64. The number of benzene rings is 1. The average Bonchev–Trinajstić information content (AvgIpc) is 2.26. The summed E-state index contributed by atoms with van der Waals surface area (Å²) in [6.45, 7) is 0. The maximum atomic E-state index is 12.8. The van der Waals surface area contributed by atoms with Crippen LogP contribution in [0.3, 0.4) is 0 Å². The van der Waals surface area contributed by atoms with E-state index in [4.69, 9.17) is 16.3 Å². The van der Waals surface area contributed by atoms with Gasteiger partial charge in [-0.25, -0.2) is 0 Å². The third kappa shape index (κ3) is 2.15. The number of hydrogen-bond donors (Lipinski definition) is 0. The number of methoxy groups -OCH3 is 1. The van der Waals surface area contributed by atoms with Gasteiger partial charge in [0.2, 0.25) is 0 Å². The van der Waals surface area contributed by atoms with Crippen LogP contribution in [0.25, 0.3) is 10.9 Å². The Kier molecular flexibility index (Phi) is 2.87. The number of ether oxygens (including phenoxy) is 1. The molecular formula is C11H7ClF3NO. The first-order valence-corrected chi connectivity index (χ1v) is 5.00. The second kappa shape index (κ2) is 4.07. The normalized spacial score (nSPS) is 11.8. The Morgan fingerprint density at radius 3 is 2.59 bits per heavy atom. The van der Waals surface area contributed by atoms with Crippen LogP contribution in [0.15, 0.2) is 24.4 Å². The van der Waals surface area contributed by atoms with Crippen molar-refractivity contribution >= 4 is 22.5 Å². The minimum Gasteiger partial charge on any atom is -0.496 e. The van der Waals surface area contributed by atoms with Crippen molar-refractivity contribution in [3.8, 4) is 5.75 Å². The lowest BCUT2D eigenvalue weighted by Gasteiger charge is -2.13. The van der Waals surface area contributed by atoms with E-state index in [-0.39, 0.29) is 16.2 Å². The first-order valence-electron chi connectivity index (χ1n) is 4.63. The topological polar surface area (TPSA) is 22.1 Å². The highest BCUT2D eigenvalue weighted by atomic mass is 35.5. The predicted octanol–water partition coefficient (Wildman–Crippen LogP) is 3.92. The van der Waals surface area contributed by atoms with Crippen molar-refractivity contribution in [3.05, 3.63) is 35.0 Å². The molecule has 0 amide bonds. The monoisotopic (exact) mass is 261 g/mol. The molecule has 0 fully saturated rings. The number of pyridine rings is 1. The smallest absolute Gasteiger partial charge is 0.419 e. The van der Waals surface area contributed by atoms with Gasteiger partial charge >= 0.3 is 6.18 Å². The van der Waals surface area contributed by atoms with Gasteiger partial charge in [0.1, 0.15) is 5.75 Å².